The number of ether oxygens (including phenoxy) is 2. The van der Waals surface area contributed by atoms with Crippen molar-refractivity contribution in [3.05, 3.63) is 72.3 Å². The van der Waals surface area contributed by atoms with Crippen molar-refractivity contribution in [2.24, 2.45) is 5.92 Å². The molecule has 4 aromatic rings. The van der Waals surface area contributed by atoms with Gasteiger partial charge in [0.05, 0.1) is 31.0 Å². The smallest absolute Gasteiger partial charge is 0.156 e. The van der Waals surface area contributed by atoms with E-state index in [1.807, 2.05) is 42.5 Å². The van der Waals surface area contributed by atoms with Gasteiger partial charge in [0.1, 0.15) is 11.2 Å². The van der Waals surface area contributed by atoms with Crippen LogP contribution in [-0.2, 0) is 4.74 Å². The molecule has 1 aliphatic rings. The van der Waals surface area contributed by atoms with Gasteiger partial charge in [-0.1, -0.05) is 50.2 Å². The number of nitrogens with zero attached hydrogens (tertiary/aromatic N) is 4. The summed E-state index contributed by atoms with van der Waals surface area (Å²) in [5.41, 5.74) is 6.17. The van der Waals surface area contributed by atoms with Crippen LogP contribution in [0.15, 0.2) is 66.7 Å². The summed E-state index contributed by atoms with van der Waals surface area (Å²) in [6.07, 6.45) is 1.52. The zero-order valence-electron chi connectivity index (χ0n) is 21.8. The highest BCUT2D eigenvalue weighted by molar-refractivity contribution is 5.99. The molecule has 0 radical (unpaired) electrons. The van der Waals surface area contributed by atoms with Gasteiger partial charge in [-0.05, 0) is 55.2 Å². The number of aromatic nitrogens is 2. The molecule has 0 aliphatic carbocycles. The van der Waals surface area contributed by atoms with Crippen LogP contribution in [0, 0.1) is 17.2 Å². The van der Waals surface area contributed by atoms with Crippen molar-refractivity contribution in [1.82, 2.24) is 10.2 Å². The quantitative estimate of drug-likeness (QED) is 0.317. The van der Waals surface area contributed by atoms with E-state index in [1.54, 1.807) is 7.11 Å². The van der Waals surface area contributed by atoms with Gasteiger partial charge in [-0.25, -0.2) is 0 Å². The average Bonchev–Trinajstić information content (AvgIpc) is 3.09. The van der Waals surface area contributed by atoms with Crippen molar-refractivity contribution in [2.45, 2.75) is 39.4 Å². The second-order valence-corrected chi connectivity index (χ2v) is 9.80. The predicted octanol–water partition coefficient (Wildman–Crippen LogP) is 6.48. The molecule has 188 valence electrons. The van der Waals surface area contributed by atoms with Crippen molar-refractivity contribution in [2.75, 3.05) is 25.1 Å². The molecular weight excluding hydrogens is 460 g/mol. The van der Waals surface area contributed by atoms with Crippen molar-refractivity contribution < 1.29 is 9.47 Å². The lowest BCUT2D eigenvalue weighted by Crippen LogP contribution is -2.31. The van der Waals surface area contributed by atoms with E-state index in [0.717, 1.165) is 47.1 Å². The van der Waals surface area contributed by atoms with E-state index >= 15 is 0 Å². The minimum atomic E-state index is 0.186. The summed E-state index contributed by atoms with van der Waals surface area (Å²) in [4.78, 5) is 2.42. The van der Waals surface area contributed by atoms with Gasteiger partial charge >= 0.3 is 0 Å². The fourth-order valence-electron chi connectivity index (χ4n) is 5.33. The first-order chi connectivity index (χ1) is 18.0. The second kappa shape index (κ2) is 10.6. The summed E-state index contributed by atoms with van der Waals surface area (Å²) in [5.74, 6) is 1.16. The molecule has 0 amide bonds. The Hall–Kier alpha value is -3.95. The Morgan fingerprint density at radius 1 is 0.973 bits per heavy atom. The maximum atomic E-state index is 9.13. The molecule has 5 rings (SSSR count). The molecule has 0 bridgehead atoms. The lowest BCUT2D eigenvalue weighted by Gasteiger charge is -2.26. The molecule has 0 spiro atoms. The molecule has 0 saturated carbocycles. The Kier molecular flexibility index (Phi) is 7.07. The number of hydrogen-bond acceptors (Lipinski definition) is 6. The van der Waals surface area contributed by atoms with E-state index < -0.39 is 0 Å². The number of hydrogen-bond donors (Lipinski definition) is 0. The van der Waals surface area contributed by atoms with Crippen molar-refractivity contribution in [1.29, 1.82) is 5.26 Å². The monoisotopic (exact) mass is 492 g/mol. The van der Waals surface area contributed by atoms with Gasteiger partial charge in [-0.15, -0.1) is 10.2 Å². The number of methoxy groups -OCH3 is 1. The first kappa shape index (κ1) is 24.7. The third-order valence-electron chi connectivity index (χ3n) is 7.21. The van der Waals surface area contributed by atoms with E-state index in [9.17, 15) is 0 Å². The van der Waals surface area contributed by atoms with Gasteiger partial charge < -0.3 is 14.4 Å². The van der Waals surface area contributed by atoms with Gasteiger partial charge in [0, 0.05) is 35.3 Å². The van der Waals surface area contributed by atoms with Crippen LogP contribution >= 0.6 is 0 Å². The van der Waals surface area contributed by atoms with Gasteiger partial charge in [-0.2, -0.15) is 5.26 Å². The average molecular weight is 493 g/mol. The zero-order valence-corrected chi connectivity index (χ0v) is 21.8. The van der Waals surface area contributed by atoms with E-state index in [-0.39, 0.29) is 6.10 Å². The lowest BCUT2D eigenvalue weighted by molar-refractivity contribution is -0.0136. The Morgan fingerprint density at radius 2 is 1.70 bits per heavy atom. The number of benzene rings is 3. The van der Waals surface area contributed by atoms with Gasteiger partial charge in [0.2, 0.25) is 0 Å². The van der Waals surface area contributed by atoms with Crippen molar-refractivity contribution >= 4 is 16.6 Å². The molecule has 0 N–H and O–H groups in total. The number of fused-ring (bicyclic) bond motifs is 1. The number of rotatable bonds is 5. The molecule has 6 nitrogen and oxygen atoms in total. The number of nitriles is 1. The highest BCUT2D eigenvalue weighted by Crippen LogP contribution is 2.38. The topological polar surface area (TPSA) is 71.3 Å². The molecule has 37 heavy (non-hydrogen) atoms. The molecule has 1 fully saturated rings. The molecule has 3 aromatic carbocycles. The van der Waals surface area contributed by atoms with Crippen LogP contribution in [0.2, 0.25) is 0 Å². The third kappa shape index (κ3) is 4.87. The number of anilines is 1. The molecule has 1 saturated heterocycles. The lowest BCUT2D eigenvalue weighted by atomic mass is 9.99. The van der Waals surface area contributed by atoms with Crippen LogP contribution in [-0.4, -0.2) is 42.6 Å². The summed E-state index contributed by atoms with van der Waals surface area (Å²) in [6, 6.07) is 24.2. The molecule has 2 heterocycles. The van der Waals surface area contributed by atoms with Gasteiger partial charge in [0.15, 0.2) is 5.75 Å². The van der Waals surface area contributed by atoms with E-state index in [4.69, 9.17) is 14.7 Å². The van der Waals surface area contributed by atoms with Crippen LogP contribution < -0.4 is 9.64 Å². The minimum absolute atomic E-state index is 0.186. The van der Waals surface area contributed by atoms with Gasteiger partial charge in [-0.3, -0.25) is 0 Å². The molecule has 1 aliphatic heterocycles. The van der Waals surface area contributed by atoms with Gasteiger partial charge in [0.25, 0.3) is 0 Å². The molecule has 1 aromatic heterocycles. The van der Waals surface area contributed by atoms with Crippen LogP contribution in [0.1, 0.15) is 32.8 Å². The zero-order chi connectivity index (χ0) is 25.9. The minimum Gasteiger partial charge on any atom is -0.494 e. The van der Waals surface area contributed by atoms with E-state index in [0.29, 0.717) is 29.0 Å². The summed E-state index contributed by atoms with van der Waals surface area (Å²) in [5, 5.41) is 19.3. The summed E-state index contributed by atoms with van der Waals surface area (Å²) in [7, 11) is 1.67. The predicted molar refractivity (Wildman–Crippen MR) is 148 cm³/mol. The van der Waals surface area contributed by atoms with Crippen LogP contribution in [0.25, 0.3) is 33.3 Å². The maximum absolute atomic E-state index is 9.13. The summed E-state index contributed by atoms with van der Waals surface area (Å²) >= 11 is 0. The van der Waals surface area contributed by atoms with Crippen molar-refractivity contribution in [3.63, 3.8) is 0 Å². The molecule has 6 heteroatoms. The fourth-order valence-corrected chi connectivity index (χ4v) is 5.33. The van der Waals surface area contributed by atoms with Crippen LogP contribution in [0.3, 0.4) is 0 Å². The van der Waals surface area contributed by atoms with E-state index in [2.05, 4.69) is 66.2 Å². The van der Waals surface area contributed by atoms with E-state index in [1.165, 1.54) is 5.69 Å². The largest absolute Gasteiger partial charge is 0.494 e. The first-order valence-corrected chi connectivity index (χ1v) is 12.9. The standard InChI is InChI=1S/C31H32N4O2/c1-5-28-20(2)18-35(19-21(3)37-28)25-15-13-24(14-16-25)29-31(36-4)27-8-6-7-26(30(27)34-33-29)23-11-9-22(17-32)10-12-23/h6-16,20-21,28H,5,18-19H2,1-4H3. The fraction of sp³-hybridized carbons (Fsp3) is 0.323. The Bertz CT molecular complexity index is 1430. The van der Waals surface area contributed by atoms with Crippen LogP contribution in [0.4, 0.5) is 5.69 Å². The molecular formula is C31H32N4O2. The Labute approximate surface area is 218 Å². The highest BCUT2D eigenvalue weighted by Gasteiger charge is 2.27. The Morgan fingerprint density at radius 3 is 2.38 bits per heavy atom. The maximum Gasteiger partial charge on any atom is 0.156 e. The third-order valence-corrected chi connectivity index (χ3v) is 7.21. The second-order valence-electron chi connectivity index (χ2n) is 9.80. The normalized spacial score (nSPS) is 19.9. The van der Waals surface area contributed by atoms with Crippen molar-refractivity contribution in [3.8, 4) is 34.2 Å². The van der Waals surface area contributed by atoms with Crippen LogP contribution in [0.5, 0.6) is 5.75 Å². The summed E-state index contributed by atoms with van der Waals surface area (Å²) < 4.78 is 12.1. The molecule has 3 atom stereocenters. The first-order valence-electron chi connectivity index (χ1n) is 12.9. The summed E-state index contributed by atoms with van der Waals surface area (Å²) in [6.45, 7) is 8.47. The Balaban J connectivity index is 1.49. The highest BCUT2D eigenvalue weighted by atomic mass is 16.5. The SMILES string of the molecule is CCC1OC(C)CN(c2ccc(-c3nnc4c(-c5ccc(C#N)cc5)cccc4c3OC)cc2)CC1C. The molecule has 3 unspecified atom stereocenters.